The number of hydrogen-bond acceptors (Lipinski definition) is 4. The van der Waals surface area contributed by atoms with Crippen molar-refractivity contribution in [3.8, 4) is 0 Å². The van der Waals surface area contributed by atoms with Gasteiger partial charge in [-0.1, -0.05) is 13.8 Å². The smallest absolute Gasteiger partial charge is 0.312 e. The number of halogens is 3. The minimum absolute atomic E-state index is 0.0396. The monoisotopic (exact) mass is 344 g/mol. The molecule has 9 heteroatoms. The molecular weight excluding hydrogens is 325 g/mol. The molecule has 1 aromatic heterocycles. The third-order valence-electron chi connectivity index (χ3n) is 2.74. The molecule has 1 N–H and O–H groups in total. The van der Waals surface area contributed by atoms with E-state index in [4.69, 9.17) is 0 Å². The van der Waals surface area contributed by atoms with Crippen molar-refractivity contribution >= 4 is 21.4 Å². The molecule has 0 saturated carbocycles. The lowest BCUT2D eigenvalue weighted by Crippen LogP contribution is -2.39. The Bertz CT molecular complexity index is 541. The maximum atomic E-state index is 12.5. The highest BCUT2D eigenvalue weighted by Crippen LogP contribution is 2.27. The summed E-state index contributed by atoms with van der Waals surface area (Å²) in [5.41, 5.74) is 0. The number of rotatable bonds is 8. The van der Waals surface area contributed by atoms with E-state index in [-0.39, 0.29) is 11.4 Å². The molecule has 1 rings (SSSR count). The van der Waals surface area contributed by atoms with Gasteiger partial charge in [0.15, 0.2) is 0 Å². The standard InChI is InChI=1S/C12H19F3N2O2S2/c1-3-6-16-8-10-11(5-7-20-10)21(18,19)17(4-2)9-12(13,14)15/h5,7,16H,3-4,6,8-9H2,1-2H3. The highest BCUT2D eigenvalue weighted by molar-refractivity contribution is 7.89. The van der Waals surface area contributed by atoms with Crippen LogP contribution in [0.4, 0.5) is 13.2 Å². The van der Waals surface area contributed by atoms with Crippen molar-refractivity contribution < 1.29 is 21.6 Å². The molecule has 0 radical (unpaired) electrons. The molecule has 122 valence electrons. The molecule has 0 unspecified atom stereocenters. The Labute approximate surface area is 127 Å². The molecule has 0 aliphatic heterocycles. The predicted octanol–water partition coefficient (Wildman–Crippen LogP) is 2.82. The lowest BCUT2D eigenvalue weighted by Gasteiger charge is -2.22. The van der Waals surface area contributed by atoms with Crippen LogP contribution in [0.3, 0.4) is 0 Å². The van der Waals surface area contributed by atoms with E-state index in [0.29, 0.717) is 15.7 Å². The van der Waals surface area contributed by atoms with E-state index in [0.717, 1.165) is 13.0 Å². The Balaban J connectivity index is 2.98. The van der Waals surface area contributed by atoms with E-state index < -0.39 is 22.7 Å². The zero-order valence-corrected chi connectivity index (χ0v) is 13.5. The van der Waals surface area contributed by atoms with Crippen molar-refractivity contribution in [2.75, 3.05) is 19.6 Å². The third kappa shape index (κ3) is 5.24. The Morgan fingerprint density at radius 2 is 2.00 bits per heavy atom. The first kappa shape index (κ1) is 18.4. The maximum Gasteiger partial charge on any atom is 0.402 e. The number of alkyl halides is 3. The molecule has 0 amide bonds. The summed E-state index contributed by atoms with van der Waals surface area (Å²) in [6.07, 6.45) is -3.66. The van der Waals surface area contributed by atoms with Crippen molar-refractivity contribution in [2.45, 2.75) is 37.9 Å². The molecule has 0 aliphatic rings. The van der Waals surface area contributed by atoms with Crippen LogP contribution in [0.25, 0.3) is 0 Å². The van der Waals surface area contributed by atoms with Crippen molar-refractivity contribution in [3.63, 3.8) is 0 Å². The first-order valence-electron chi connectivity index (χ1n) is 6.56. The van der Waals surface area contributed by atoms with Gasteiger partial charge in [-0.3, -0.25) is 0 Å². The summed E-state index contributed by atoms with van der Waals surface area (Å²) in [4.78, 5) is 0.492. The van der Waals surface area contributed by atoms with Crippen LogP contribution < -0.4 is 5.32 Å². The van der Waals surface area contributed by atoms with E-state index in [1.165, 1.54) is 24.3 Å². The summed E-state index contributed by atoms with van der Waals surface area (Å²) in [7, 11) is -4.13. The van der Waals surface area contributed by atoms with Crippen molar-refractivity contribution in [2.24, 2.45) is 0 Å². The Hall–Kier alpha value is -0.640. The van der Waals surface area contributed by atoms with Gasteiger partial charge >= 0.3 is 6.18 Å². The summed E-state index contributed by atoms with van der Waals surface area (Å²) in [6, 6.07) is 1.36. The predicted molar refractivity (Wildman–Crippen MR) is 76.8 cm³/mol. The highest BCUT2D eigenvalue weighted by atomic mass is 32.2. The molecule has 0 bridgehead atoms. The van der Waals surface area contributed by atoms with Crippen LogP contribution in [0.1, 0.15) is 25.1 Å². The van der Waals surface area contributed by atoms with E-state index in [1.54, 1.807) is 5.38 Å². The van der Waals surface area contributed by atoms with Gasteiger partial charge in [-0.25, -0.2) is 8.42 Å². The van der Waals surface area contributed by atoms with Crippen LogP contribution in [0.5, 0.6) is 0 Å². The molecule has 0 saturated heterocycles. The number of nitrogens with one attached hydrogen (secondary N) is 1. The molecule has 0 fully saturated rings. The number of hydrogen-bond donors (Lipinski definition) is 1. The van der Waals surface area contributed by atoms with Gasteiger partial charge in [-0.15, -0.1) is 11.3 Å². The highest BCUT2D eigenvalue weighted by Gasteiger charge is 2.37. The first-order chi connectivity index (χ1) is 9.72. The first-order valence-corrected chi connectivity index (χ1v) is 8.88. The number of thiophene rings is 1. The summed E-state index contributed by atoms with van der Waals surface area (Å²) >= 11 is 1.22. The summed E-state index contributed by atoms with van der Waals surface area (Å²) in [6.45, 7) is 2.73. The lowest BCUT2D eigenvalue weighted by molar-refractivity contribution is -0.135. The Morgan fingerprint density at radius 3 is 2.52 bits per heavy atom. The zero-order chi connectivity index (χ0) is 16.1. The van der Waals surface area contributed by atoms with Gasteiger partial charge in [-0.05, 0) is 24.4 Å². The molecule has 1 heterocycles. The van der Waals surface area contributed by atoms with Crippen LogP contribution in [0.2, 0.25) is 0 Å². The fourth-order valence-corrected chi connectivity index (χ4v) is 4.59. The van der Waals surface area contributed by atoms with Gasteiger partial charge in [0.05, 0.1) is 4.90 Å². The van der Waals surface area contributed by atoms with Gasteiger partial charge in [0, 0.05) is 18.0 Å². The van der Waals surface area contributed by atoms with Crippen LogP contribution >= 0.6 is 11.3 Å². The minimum Gasteiger partial charge on any atom is -0.312 e. The Morgan fingerprint density at radius 1 is 1.33 bits per heavy atom. The molecule has 1 aromatic rings. The zero-order valence-electron chi connectivity index (χ0n) is 11.9. The quantitative estimate of drug-likeness (QED) is 0.738. The largest absolute Gasteiger partial charge is 0.402 e. The SMILES string of the molecule is CCCNCc1sccc1S(=O)(=O)N(CC)CC(F)(F)F. The van der Waals surface area contributed by atoms with Crippen LogP contribution in [0, 0.1) is 0 Å². The van der Waals surface area contributed by atoms with Crippen molar-refractivity contribution in [1.29, 1.82) is 0 Å². The van der Waals surface area contributed by atoms with E-state index in [2.05, 4.69) is 5.32 Å². The molecule has 0 atom stereocenters. The molecule has 0 aromatic carbocycles. The topological polar surface area (TPSA) is 49.4 Å². The summed E-state index contributed by atoms with van der Waals surface area (Å²) < 4.78 is 62.7. The second kappa shape index (κ2) is 7.57. The van der Waals surface area contributed by atoms with Gasteiger partial charge in [0.1, 0.15) is 6.54 Å². The van der Waals surface area contributed by atoms with Crippen LogP contribution in [-0.2, 0) is 16.6 Å². The van der Waals surface area contributed by atoms with E-state index >= 15 is 0 Å². The molecule has 0 aliphatic carbocycles. The molecule has 4 nitrogen and oxygen atoms in total. The summed E-state index contributed by atoms with van der Waals surface area (Å²) in [5.74, 6) is 0. The molecule has 21 heavy (non-hydrogen) atoms. The van der Waals surface area contributed by atoms with Crippen molar-refractivity contribution in [3.05, 3.63) is 16.3 Å². The molecule has 0 spiro atoms. The Kier molecular flexibility index (Phi) is 6.64. The fraction of sp³-hybridized carbons (Fsp3) is 0.667. The lowest BCUT2D eigenvalue weighted by atomic mass is 10.4. The maximum absolute atomic E-state index is 12.5. The average Bonchev–Trinajstić information content (AvgIpc) is 2.84. The fourth-order valence-electron chi connectivity index (χ4n) is 1.77. The molecular formula is C12H19F3N2O2S2. The van der Waals surface area contributed by atoms with Gasteiger partial charge in [0.2, 0.25) is 10.0 Å². The summed E-state index contributed by atoms with van der Waals surface area (Å²) in [5, 5.41) is 4.64. The normalized spacial score (nSPS) is 13.0. The number of sulfonamides is 1. The van der Waals surface area contributed by atoms with E-state index in [9.17, 15) is 21.6 Å². The second-order valence-electron chi connectivity index (χ2n) is 4.43. The minimum atomic E-state index is -4.56. The van der Waals surface area contributed by atoms with Gasteiger partial charge < -0.3 is 5.32 Å². The third-order valence-corrected chi connectivity index (χ3v) is 5.80. The average molecular weight is 344 g/mol. The van der Waals surface area contributed by atoms with Crippen LogP contribution in [-0.4, -0.2) is 38.5 Å². The van der Waals surface area contributed by atoms with Crippen LogP contribution in [0.15, 0.2) is 16.3 Å². The second-order valence-corrected chi connectivity index (χ2v) is 7.34. The van der Waals surface area contributed by atoms with Gasteiger partial charge in [0.25, 0.3) is 0 Å². The van der Waals surface area contributed by atoms with Crippen molar-refractivity contribution in [1.82, 2.24) is 9.62 Å². The van der Waals surface area contributed by atoms with E-state index in [1.807, 2.05) is 6.92 Å². The number of nitrogens with zero attached hydrogens (tertiary/aromatic N) is 1. The van der Waals surface area contributed by atoms with Gasteiger partial charge in [-0.2, -0.15) is 17.5 Å².